The Morgan fingerprint density at radius 3 is 2.50 bits per heavy atom. The van der Waals surface area contributed by atoms with Gasteiger partial charge in [0.15, 0.2) is 6.10 Å². The minimum atomic E-state index is -1.05. The molecule has 68 valence electrons. The first-order valence-corrected chi connectivity index (χ1v) is 3.95. The van der Waals surface area contributed by atoms with Crippen molar-refractivity contribution < 1.29 is 19.4 Å². The maximum atomic E-state index is 11.0. The number of carbonyl (C=O) groups is 2. The molecule has 1 aliphatic heterocycles. The fourth-order valence-electron chi connectivity index (χ4n) is 1.30. The number of cyclic esters (lactones) is 1. The van der Waals surface area contributed by atoms with E-state index in [4.69, 9.17) is 5.11 Å². The Labute approximate surface area is 70.5 Å². The predicted octanol–water partition coefficient (Wildman–Crippen LogP) is 0.659. The summed E-state index contributed by atoms with van der Waals surface area (Å²) in [7, 11) is 0. The topological polar surface area (TPSA) is 63.6 Å². The first-order valence-electron chi connectivity index (χ1n) is 3.95. The van der Waals surface area contributed by atoms with Crippen molar-refractivity contribution in [2.75, 3.05) is 0 Å². The molecule has 1 heterocycles. The summed E-state index contributed by atoms with van der Waals surface area (Å²) in [5.41, 5.74) is 0. The van der Waals surface area contributed by atoms with E-state index in [9.17, 15) is 9.59 Å². The summed E-state index contributed by atoms with van der Waals surface area (Å²) in [4.78, 5) is 21.5. The van der Waals surface area contributed by atoms with Crippen LogP contribution >= 0.6 is 0 Å². The predicted molar refractivity (Wildman–Crippen MR) is 40.5 cm³/mol. The van der Waals surface area contributed by atoms with Gasteiger partial charge in [-0.1, -0.05) is 13.8 Å². The Hall–Kier alpha value is -1.06. The lowest BCUT2D eigenvalue weighted by molar-refractivity contribution is -0.157. The molecule has 1 N–H and O–H groups in total. The quantitative estimate of drug-likeness (QED) is 0.621. The van der Waals surface area contributed by atoms with Gasteiger partial charge in [-0.15, -0.1) is 0 Å². The van der Waals surface area contributed by atoms with Crippen LogP contribution in [0.4, 0.5) is 0 Å². The van der Waals surface area contributed by atoms with Gasteiger partial charge in [-0.3, -0.25) is 4.79 Å². The lowest BCUT2D eigenvalue weighted by atomic mass is 9.93. The van der Waals surface area contributed by atoms with E-state index in [0.29, 0.717) is 6.42 Å². The molecule has 0 aromatic heterocycles. The summed E-state index contributed by atoms with van der Waals surface area (Å²) < 4.78 is 4.66. The van der Waals surface area contributed by atoms with E-state index in [-0.39, 0.29) is 17.8 Å². The van der Waals surface area contributed by atoms with E-state index in [1.54, 1.807) is 0 Å². The van der Waals surface area contributed by atoms with Crippen molar-refractivity contribution in [3.05, 3.63) is 0 Å². The van der Waals surface area contributed by atoms with E-state index in [0.717, 1.165) is 0 Å². The summed E-state index contributed by atoms with van der Waals surface area (Å²) in [5.74, 6) is -1.52. The van der Waals surface area contributed by atoms with Gasteiger partial charge in [0.25, 0.3) is 0 Å². The Bertz CT molecular complexity index is 209. The Morgan fingerprint density at radius 2 is 2.25 bits per heavy atom. The smallest absolute Gasteiger partial charge is 0.345 e. The molecule has 0 aliphatic carbocycles. The van der Waals surface area contributed by atoms with Gasteiger partial charge in [0.1, 0.15) is 0 Å². The molecule has 0 bridgehead atoms. The fraction of sp³-hybridized carbons (Fsp3) is 0.750. The van der Waals surface area contributed by atoms with Crippen LogP contribution in [0.5, 0.6) is 0 Å². The second-order valence-electron chi connectivity index (χ2n) is 3.35. The molecular formula is C8H12O4. The first-order chi connectivity index (χ1) is 5.52. The van der Waals surface area contributed by atoms with Crippen molar-refractivity contribution in [3.63, 3.8) is 0 Å². The van der Waals surface area contributed by atoms with E-state index in [1.807, 2.05) is 13.8 Å². The van der Waals surface area contributed by atoms with Crippen molar-refractivity contribution in [3.8, 4) is 0 Å². The number of esters is 1. The SMILES string of the molecule is CC(C)[C@@H]1C[C@H](C(=O)O)OC1=O. The maximum absolute atomic E-state index is 11.0. The highest BCUT2D eigenvalue weighted by Gasteiger charge is 2.39. The standard InChI is InChI=1S/C8H12O4/c1-4(2)5-3-6(7(9)10)12-8(5)11/h4-6H,3H2,1-2H3,(H,9,10)/t5-,6+/m0/s1. The molecule has 0 saturated carbocycles. The third kappa shape index (κ3) is 1.57. The number of hydrogen-bond acceptors (Lipinski definition) is 3. The summed E-state index contributed by atoms with van der Waals surface area (Å²) in [6.07, 6.45) is -0.615. The summed E-state index contributed by atoms with van der Waals surface area (Å²) in [6, 6.07) is 0. The van der Waals surface area contributed by atoms with Crippen LogP contribution in [0, 0.1) is 11.8 Å². The van der Waals surface area contributed by atoms with Gasteiger partial charge in [-0.05, 0) is 5.92 Å². The lowest BCUT2D eigenvalue weighted by Crippen LogP contribution is -2.18. The molecule has 4 heteroatoms. The molecule has 1 rings (SSSR count). The highest BCUT2D eigenvalue weighted by atomic mass is 16.6. The third-order valence-corrected chi connectivity index (χ3v) is 2.11. The number of ether oxygens (including phenoxy) is 1. The van der Waals surface area contributed by atoms with Crippen LogP contribution in [0.3, 0.4) is 0 Å². The molecule has 4 nitrogen and oxygen atoms in total. The number of hydrogen-bond donors (Lipinski definition) is 1. The minimum Gasteiger partial charge on any atom is -0.479 e. The normalized spacial score (nSPS) is 29.1. The number of carboxylic acids is 1. The molecule has 0 spiro atoms. The second-order valence-corrected chi connectivity index (χ2v) is 3.35. The van der Waals surface area contributed by atoms with Gasteiger partial charge in [0, 0.05) is 6.42 Å². The Balaban J connectivity index is 2.62. The van der Waals surface area contributed by atoms with Crippen LogP contribution in [0.1, 0.15) is 20.3 Å². The zero-order valence-corrected chi connectivity index (χ0v) is 7.11. The van der Waals surface area contributed by atoms with Gasteiger partial charge >= 0.3 is 11.9 Å². The summed E-state index contributed by atoms with van der Waals surface area (Å²) >= 11 is 0. The van der Waals surface area contributed by atoms with Gasteiger partial charge in [-0.2, -0.15) is 0 Å². The maximum Gasteiger partial charge on any atom is 0.345 e. The molecule has 0 amide bonds. The van der Waals surface area contributed by atoms with Crippen molar-refractivity contribution >= 4 is 11.9 Å². The number of carbonyl (C=O) groups excluding carboxylic acids is 1. The summed E-state index contributed by atoms with van der Waals surface area (Å²) in [5, 5.41) is 8.55. The van der Waals surface area contributed by atoms with Gasteiger partial charge in [0.2, 0.25) is 0 Å². The van der Waals surface area contributed by atoms with Gasteiger partial charge in [0.05, 0.1) is 5.92 Å². The van der Waals surface area contributed by atoms with Crippen LogP contribution < -0.4 is 0 Å². The van der Waals surface area contributed by atoms with Crippen molar-refractivity contribution in [1.82, 2.24) is 0 Å². The molecule has 0 radical (unpaired) electrons. The van der Waals surface area contributed by atoms with E-state index >= 15 is 0 Å². The Morgan fingerprint density at radius 1 is 1.67 bits per heavy atom. The van der Waals surface area contributed by atoms with Crippen molar-refractivity contribution in [1.29, 1.82) is 0 Å². The first kappa shape index (κ1) is 9.03. The van der Waals surface area contributed by atoms with E-state index in [2.05, 4.69) is 4.74 Å². The average Bonchev–Trinajstić information content (AvgIpc) is 2.30. The molecule has 2 atom stereocenters. The molecule has 12 heavy (non-hydrogen) atoms. The van der Waals surface area contributed by atoms with Crippen LogP contribution in [-0.2, 0) is 14.3 Å². The number of aliphatic carboxylic acids is 1. The molecule has 1 saturated heterocycles. The molecule has 0 aromatic rings. The molecule has 0 unspecified atom stereocenters. The highest BCUT2D eigenvalue weighted by Crippen LogP contribution is 2.27. The van der Waals surface area contributed by atoms with Crippen LogP contribution in [0.15, 0.2) is 0 Å². The monoisotopic (exact) mass is 172 g/mol. The summed E-state index contributed by atoms with van der Waals surface area (Å²) in [6.45, 7) is 3.77. The molecule has 1 fully saturated rings. The second kappa shape index (κ2) is 3.13. The molecule has 1 aliphatic rings. The lowest BCUT2D eigenvalue weighted by Gasteiger charge is -2.07. The number of rotatable bonds is 2. The molecular weight excluding hydrogens is 160 g/mol. The van der Waals surface area contributed by atoms with Gasteiger partial charge < -0.3 is 9.84 Å². The third-order valence-electron chi connectivity index (χ3n) is 2.11. The van der Waals surface area contributed by atoms with E-state index < -0.39 is 12.1 Å². The van der Waals surface area contributed by atoms with Crippen LogP contribution in [0.2, 0.25) is 0 Å². The van der Waals surface area contributed by atoms with Crippen LogP contribution in [-0.4, -0.2) is 23.1 Å². The number of carboxylic acid groups (broad SMARTS) is 1. The van der Waals surface area contributed by atoms with E-state index in [1.165, 1.54) is 0 Å². The largest absolute Gasteiger partial charge is 0.479 e. The average molecular weight is 172 g/mol. The zero-order valence-electron chi connectivity index (χ0n) is 7.11. The fourth-order valence-corrected chi connectivity index (χ4v) is 1.30. The Kier molecular flexibility index (Phi) is 2.35. The van der Waals surface area contributed by atoms with Crippen LogP contribution in [0.25, 0.3) is 0 Å². The van der Waals surface area contributed by atoms with Crippen molar-refractivity contribution in [2.24, 2.45) is 11.8 Å². The van der Waals surface area contributed by atoms with Gasteiger partial charge in [-0.25, -0.2) is 4.79 Å². The molecule has 0 aromatic carbocycles. The minimum absolute atomic E-state index is 0.154. The van der Waals surface area contributed by atoms with Crippen molar-refractivity contribution in [2.45, 2.75) is 26.4 Å². The highest BCUT2D eigenvalue weighted by molar-refractivity contribution is 5.83. The zero-order chi connectivity index (χ0) is 9.30.